The largest absolute Gasteiger partial charge is 0.482 e. The second kappa shape index (κ2) is 7.11. The number of carbonyl (C=O) groups excluding carboxylic acids is 1. The third-order valence-corrected chi connectivity index (χ3v) is 4.72. The van der Waals surface area contributed by atoms with Crippen molar-refractivity contribution in [3.05, 3.63) is 54.2 Å². The molecule has 3 aromatic rings. The number of fused-ring (bicyclic) bond motifs is 1. The molecule has 3 aromatic heterocycles. The zero-order valence-electron chi connectivity index (χ0n) is 14.7. The summed E-state index contributed by atoms with van der Waals surface area (Å²) in [5, 5.41) is 4.27. The number of likely N-dealkylation sites (tertiary alicyclic amines) is 1. The fourth-order valence-corrected chi connectivity index (χ4v) is 3.46. The van der Waals surface area contributed by atoms with Gasteiger partial charge in [-0.05, 0) is 44.4 Å². The number of hydrogen-bond acceptors (Lipinski definition) is 5. The van der Waals surface area contributed by atoms with Gasteiger partial charge in [0.1, 0.15) is 5.75 Å². The Morgan fingerprint density at radius 1 is 1.31 bits per heavy atom. The monoisotopic (exact) mass is 351 g/mol. The zero-order valence-corrected chi connectivity index (χ0v) is 14.7. The van der Waals surface area contributed by atoms with Gasteiger partial charge in [-0.15, -0.1) is 0 Å². The van der Waals surface area contributed by atoms with E-state index in [4.69, 9.17) is 9.72 Å². The quantitative estimate of drug-likeness (QED) is 0.722. The number of ether oxygens (including phenoxy) is 1. The Bertz CT molecular complexity index is 909. The lowest BCUT2D eigenvalue weighted by Crippen LogP contribution is -2.41. The van der Waals surface area contributed by atoms with Crippen LogP contribution in [-0.4, -0.2) is 43.5 Å². The first kappa shape index (κ1) is 16.5. The normalized spacial score (nSPS) is 17.4. The van der Waals surface area contributed by atoms with Crippen molar-refractivity contribution in [1.82, 2.24) is 24.5 Å². The highest BCUT2D eigenvalue weighted by Gasteiger charge is 2.29. The van der Waals surface area contributed by atoms with E-state index in [1.807, 2.05) is 28.5 Å². The van der Waals surface area contributed by atoms with Gasteiger partial charge in [-0.2, -0.15) is 5.10 Å². The summed E-state index contributed by atoms with van der Waals surface area (Å²) < 4.78 is 7.41. The summed E-state index contributed by atoms with van der Waals surface area (Å²) in [6.45, 7) is 2.74. The van der Waals surface area contributed by atoms with Crippen LogP contribution < -0.4 is 4.74 Å². The summed E-state index contributed by atoms with van der Waals surface area (Å²) in [5.74, 6) is 0.579. The van der Waals surface area contributed by atoms with E-state index in [0.29, 0.717) is 5.75 Å². The smallest absolute Gasteiger partial charge is 0.261 e. The third-order valence-electron chi connectivity index (χ3n) is 4.72. The third kappa shape index (κ3) is 3.24. The van der Waals surface area contributed by atoms with Crippen LogP contribution in [0.2, 0.25) is 0 Å². The van der Waals surface area contributed by atoms with Gasteiger partial charge in [-0.1, -0.05) is 0 Å². The average molecular weight is 351 g/mol. The highest BCUT2D eigenvalue weighted by molar-refractivity contribution is 5.78. The maximum Gasteiger partial charge on any atom is 0.261 e. The van der Waals surface area contributed by atoms with E-state index in [2.05, 4.69) is 10.1 Å². The molecule has 0 saturated carbocycles. The number of aromatic nitrogens is 4. The van der Waals surface area contributed by atoms with E-state index >= 15 is 0 Å². The Hall–Kier alpha value is -2.96. The van der Waals surface area contributed by atoms with Gasteiger partial charge in [0, 0.05) is 24.5 Å². The lowest BCUT2D eigenvalue weighted by atomic mass is 9.98. The molecule has 0 unspecified atom stereocenters. The fraction of sp³-hybridized carbons (Fsp3) is 0.368. The molecule has 1 amide bonds. The molecule has 0 aromatic carbocycles. The second-order valence-corrected chi connectivity index (χ2v) is 6.50. The van der Waals surface area contributed by atoms with Crippen LogP contribution >= 0.6 is 0 Å². The van der Waals surface area contributed by atoms with E-state index in [-0.39, 0.29) is 18.6 Å². The predicted molar refractivity (Wildman–Crippen MR) is 95.8 cm³/mol. The molecule has 26 heavy (non-hydrogen) atoms. The number of nitrogens with zero attached hydrogens (tertiary/aromatic N) is 5. The van der Waals surface area contributed by atoms with Crippen molar-refractivity contribution in [3.63, 3.8) is 0 Å². The first-order valence-corrected chi connectivity index (χ1v) is 8.86. The molecule has 1 aliphatic rings. The van der Waals surface area contributed by atoms with Crippen LogP contribution in [-0.2, 0) is 4.79 Å². The van der Waals surface area contributed by atoms with Crippen molar-refractivity contribution < 1.29 is 9.53 Å². The summed E-state index contributed by atoms with van der Waals surface area (Å²) in [4.78, 5) is 23.4. The summed E-state index contributed by atoms with van der Waals surface area (Å²) in [5.41, 5.74) is 2.74. The van der Waals surface area contributed by atoms with E-state index in [1.165, 1.54) is 0 Å². The van der Waals surface area contributed by atoms with Gasteiger partial charge >= 0.3 is 0 Å². The first-order valence-electron chi connectivity index (χ1n) is 8.86. The molecule has 7 nitrogen and oxygen atoms in total. The molecule has 1 aliphatic heterocycles. The van der Waals surface area contributed by atoms with Gasteiger partial charge in [-0.3, -0.25) is 9.78 Å². The van der Waals surface area contributed by atoms with Crippen molar-refractivity contribution in [2.24, 2.45) is 0 Å². The predicted octanol–water partition coefficient (Wildman–Crippen LogP) is 2.57. The molecule has 0 spiro atoms. The van der Waals surface area contributed by atoms with Crippen LogP contribution in [0.25, 0.3) is 5.65 Å². The second-order valence-electron chi connectivity index (χ2n) is 6.50. The molecule has 1 saturated heterocycles. The van der Waals surface area contributed by atoms with Crippen LogP contribution in [0.3, 0.4) is 0 Å². The van der Waals surface area contributed by atoms with Gasteiger partial charge in [0.05, 0.1) is 24.1 Å². The number of hydrogen-bond donors (Lipinski definition) is 0. The molecule has 4 rings (SSSR count). The highest BCUT2D eigenvalue weighted by Crippen LogP contribution is 2.30. The summed E-state index contributed by atoms with van der Waals surface area (Å²) >= 11 is 0. The molecule has 1 atom stereocenters. The molecular formula is C19H21N5O2. The number of rotatable bonds is 4. The maximum atomic E-state index is 12.8. The van der Waals surface area contributed by atoms with Crippen LogP contribution in [0.5, 0.6) is 5.75 Å². The van der Waals surface area contributed by atoms with Gasteiger partial charge in [-0.25, -0.2) is 9.50 Å². The van der Waals surface area contributed by atoms with Gasteiger partial charge in [0.2, 0.25) is 0 Å². The summed E-state index contributed by atoms with van der Waals surface area (Å²) in [6.07, 6.45) is 8.03. The minimum atomic E-state index is -0.0219. The van der Waals surface area contributed by atoms with Crippen LogP contribution in [0, 0.1) is 6.92 Å². The Kier molecular flexibility index (Phi) is 4.51. The van der Waals surface area contributed by atoms with Gasteiger partial charge in [0.25, 0.3) is 5.91 Å². The number of amides is 1. The molecule has 134 valence electrons. The van der Waals surface area contributed by atoms with E-state index in [0.717, 1.165) is 42.8 Å². The Balaban J connectivity index is 1.54. The van der Waals surface area contributed by atoms with Crippen LogP contribution in [0.4, 0.5) is 0 Å². The van der Waals surface area contributed by atoms with E-state index < -0.39 is 0 Å². The molecule has 1 fully saturated rings. The Morgan fingerprint density at radius 3 is 3.08 bits per heavy atom. The number of piperidine rings is 1. The zero-order chi connectivity index (χ0) is 17.9. The first-order chi connectivity index (χ1) is 12.7. The molecule has 0 bridgehead atoms. The molecule has 7 heteroatoms. The molecule has 0 N–H and O–H groups in total. The average Bonchev–Trinajstić information content (AvgIpc) is 3.16. The molecule has 4 heterocycles. The molecule has 0 radical (unpaired) electrons. The van der Waals surface area contributed by atoms with Crippen LogP contribution in [0.1, 0.15) is 36.7 Å². The number of carbonyl (C=O) groups is 1. The van der Waals surface area contributed by atoms with E-state index in [9.17, 15) is 4.79 Å². The minimum Gasteiger partial charge on any atom is -0.482 e. The Labute approximate surface area is 151 Å². The standard InChI is InChI=1S/C19H21N5O2/c1-14-11-16(22-18-7-9-21-24(14)18)17-6-2-3-10-23(17)19(25)13-26-15-5-4-8-20-12-15/h4-5,7-9,11-12,17H,2-3,6,10,13H2,1H3/t17-/m1/s1. The Morgan fingerprint density at radius 2 is 2.23 bits per heavy atom. The van der Waals surface area contributed by atoms with Crippen molar-refractivity contribution in [2.45, 2.75) is 32.2 Å². The lowest BCUT2D eigenvalue weighted by Gasteiger charge is -2.35. The van der Waals surface area contributed by atoms with Crippen molar-refractivity contribution in [2.75, 3.05) is 13.2 Å². The van der Waals surface area contributed by atoms with Gasteiger partial charge in [0.15, 0.2) is 12.3 Å². The van der Waals surface area contributed by atoms with Crippen molar-refractivity contribution in [1.29, 1.82) is 0 Å². The lowest BCUT2D eigenvalue weighted by molar-refractivity contribution is -0.137. The molecule has 0 aliphatic carbocycles. The topological polar surface area (TPSA) is 72.6 Å². The summed E-state index contributed by atoms with van der Waals surface area (Å²) in [7, 11) is 0. The fourth-order valence-electron chi connectivity index (χ4n) is 3.46. The van der Waals surface area contributed by atoms with Gasteiger partial charge < -0.3 is 9.64 Å². The van der Waals surface area contributed by atoms with Crippen LogP contribution in [0.15, 0.2) is 42.9 Å². The number of pyridine rings is 1. The minimum absolute atomic E-state index is 0.0100. The SMILES string of the molecule is Cc1cc([C@H]2CCCCN2C(=O)COc2cccnc2)nc2ccnn12. The van der Waals surface area contributed by atoms with Crippen molar-refractivity contribution >= 4 is 11.6 Å². The highest BCUT2D eigenvalue weighted by atomic mass is 16.5. The van der Waals surface area contributed by atoms with Crippen molar-refractivity contribution in [3.8, 4) is 5.75 Å². The molecular weight excluding hydrogens is 330 g/mol. The van der Waals surface area contributed by atoms with E-state index in [1.54, 1.807) is 30.7 Å². The number of aryl methyl sites for hydroxylation is 1. The summed E-state index contributed by atoms with van der Waals surface area (Å²) in [6, 6.07) is 7.48. The maximum absolute atomic E-state index is 12.8.